The second-order valence-electron chi connectivity index (χ2n) is 4.68. The minimum absolute atomic E-state index is 0.143. The molecule has 2 aromatic rings. The van der Waals surface area contributed by atoms with E-state index >= 15 is 0 Å². The number of hydrogen-bond acceptors (Lipinski definition) is 4. The number of amides is 1. The lowest BCUT2D eigenvalue weighted by molar-refractivity contribution is 0.0741. The predicted molar refractivity (Wildman–Crippen MR) is 78.9 cm³/mol. The summed E-state index contributed by atoms with van der Waals surface area (Å²) >= 11 is 0. The van der Waals surface area contributed by atoms with Crippen molar-refractivity contribution in [3.63, 3.8) is 0 Å². The van der Waals surface area contributed by atoms with Crippen LogP contribution in [0.2, 0.25) is 0 Å². The van der Waals surface area contributed by atoms with Gasteiger partial charge in [-0.25, -0.2) is 0 Å². The van der Waals surface area contributed by atoms with E-state index in [0.29, 0.717) is 18.9 Å². The van der Waals surface area contributed by atoms with E-state index in [9.17, 15) is 4.79 Å². The van der Waals surface area contributed by atoms with E-state index in [1.807, 2.05) is 31.2 Å². The van der Waals surface area contributed by atoms with Crippen molar-refractivity contribution >= 4 is 5.91 Å². The maximum atomic E-state index is 12.1. The van der Waals surface area contributed by atoms with Crippen molar-refractivity contribution in [1.29, 1.82) is 0 Å². The van der Waals surface area contributed by atoms with Crippen LogP contribution in [0.25, 0.3) is 0 Å². The van der Waals surface area contributed by atoms with E-state index in [1.54, 1.807) is 25.1 Å². The average molecular weight is 289 g/mol. The molecule has 0 aliphatic rings. The van der Waals surface area contributed by atoms with Gasteiger partial charge in [0, 0.05) is 12.6 Å². The molecule has 2 rings (SSSR count). The number of rotatable bonds is 6. The molecule has 0 bridgehead atoms. The Balaban J connectivity index is 1.82. The van der Waals surface area contributed by atoms with Gasteiger partial charge in [-0.2, -0.15) is 0 Å². The zero-order valence-corrected chi connectivity index (χ0v) is 12.5. The zero-order valence-electron chi connectivity index (χ0n) is 12.5. The number of methoxy groups -OCH3 is 1. The summed E-state index contributed by atoms with van der Waals surface area (Å²) in [5.41, 5.74) is 0.836. The molecule has 0 spiro atoms. The summed E-state index contributed by atoms with van der Waals surface area (Å²) < 4.78 is 15.9. The molecule has 0 saturated heterocycles. The summed E-state index contributed by atoms with van der Waals surface area (Å²) in [6.45, 7) is 2.73. The zero-order chi connectivity index (χ0) is 15.2. The Morgan fingerprint density at radius 3 is 2.43 bits per heavy atom. The summed E-state index contributed by atoms with van der Waals surface area (Å²) in [6.07, 6.45) is 1.52. The molecule has 0 fully saturated rings. The van der Waals surface area contributed by atoms with Crippen LogP contribution in [0, 0.1) is 6.92 Å². The van der Waals surface area contributed by atoms with Gasteiger partial charge in [0.2, 0.25) is 0 Å². The fraction of sp³-hybridized carbons (Fsp3) is 0.312. The third-order valence-electron chi connectivity index (χ3n) is 3.16. The number of furan rings is 1. The van der Waals surface area contributed by atoms with Crippen molar-refractivity contribution in [2.45, 2.75) is 6.92 Å². The van der Waals surface area contributed by atoms with Gasteiger partial charge >= 0.3 is 0 Å². The molecule has 0 aliphatic carbocycles. The molecule has 1 aromatic carbocycles. The summed E-state index contributed by atoms with van der Waals surface area (Å²) in [5, 5.41) is 0. The highest BCUT2D eigenvalue weighted by Gasteiger charge is 2.17. The first-order valence-corrected chi connectivity index (χ1v) is 6.68. The number of hydrogen-bond donors (Lipinski definition) is 0. The molecule has 5 heteroatoms. The van der Waals surface area contributed by atoms with Gasteiger partial charge in [-0.05, 0) is 37.3 Å². The highest BCUT2D eigenvalue weighted by molar-refractivity contribution is 5.92. The number of carbonyl (C=O) groups excluding carboxylic acids is 1. The van der Waals surface area contributed by atoms with Gasteiger partial charge in [-0.1, -0.05) is 0 Å². The van der Waals surface area contributed by atoms with Crippen LogP contribution in [0.3, 0.4) is 0 Å². The SMILES string of the molecule is COc1ccc(OCCN(C)C(=O)c2occc2C)cc1. The maximum Gasteiger partial charge on any atom is 0.289 e. The van der Waals surface area contributed by atoms with E-state index in [-0.39, 0.29) is 5.91 Å². The van der Waals surface area contributed by atoms with Crippen LogP contribution in [0.5, 0.6) is 11.5 Å². The van der Waals surface area contributed by atoms with E-state index < -0.39 is 0 Å². The summed E-state index contributed by atoms with van der Waals surface area (Å²) in [5.74, 6) is 1.76. The largest absolute Gasteiger partial charge is 0.497 e. The minimum Gasteiger partial charge on any atom is -0.497 e. The molecule has 1 amide bonds. The first-order chi connectivity index (χ1) is 10.1. The maximum absolute atomic E-state index is 12.1. The van der Waals surface area contributed by atoms with Crippen LogP contribution in [-0.2, 0) is 0 Å². The second kappa shape index (κ2) is 6.83. The van der Waals surface area contributed by atoms with Gasteiger partial charge in [0.25, 0.3) is 5.91 Å². The summed E-state index contributed by atoms with van der Waals surface area (Å²) in [4.78, 5) is 13.7. The molecule has 21 heavy (non-hydrogen) atoms. The smallest absolute Gasteiger partial charge is 0.289 e. The Kier molecular flexibility index (Phi) is 4.87. The van der Waals surface area contributed by atoms with Gasteiger partial charge in [-0.3, -0.25) is 4.79 Å². The Labute approximate surface area is 124 Å². The normalized spacial score (nSPS) is 10.2. The lowest BCUT2D eigenvalue weighted by Crippen LogP contribution is -2.31. The number of carbonyl (C=O) groups is 1. The molecular formula is C16H19NO4. The fourth-order valence-corrected chi connectivity index (χ4v) is 1.84. The van der Waals surface area contributed by atoms with E-state index in [1.165, 1.54) is 6.26 Å². The molecule has 5 nitrogen and oxygen atoms in total. The molecule has 0 atom stereocenters. The molecule has 1 heterocycles. The summed E-state index contributed by atoms with van der Waals surface area (Å²) in [6, 6.07) is 9.09. The third-order valence-corrected chi connectivity index (χ3v) is 3.16. The number of nitrogens with zero attached hydrogens (tertiary/aromatic N) is 1. The first-order valence-electron chi connectivity index (χ1n) is 6.68. The predicted octanol–water partition coefficient (Wildman–Crippen LogP) is 2.75. The molecule has 1 aromatic heterocycles. The third kappa shape index (κ3) is 3.78. The van der Waals surface area contributed by atoms with Crippen LogP contribution in [0.15, 0.2) is 41.0 Å². The van der Waals surface area contributed by atoms with Crippen molar-refractivity contribution in [3.05, 3.63) is 47.9 Å². The van der Waals surface area contributed by atoms with Crippen LogP contribution < -0.4 is 9.47 Å². The van der Waals surface area contributed by atoms with E-state index in [0.717, 1.165) is 17.1 Å². The topological polar surface area (TPSA) is 51.9 Å². The number of aryl methyl sites for hydroxylation is 1. The lowest BCUT2D eigenvalue weighted by atomic mass is 10.2. The van der Waals surface area contributed by atoms with Gasteiger partial charge in [0.05, 0.1) is 19.9 Å². The highest BCUT2D eigenvalue weighted by atomic mass is 16.5. The van der Waals surface area contributed by atoms with E-state index in [4.69, 9.17) is 13.9 Å². The Hall–Kier alpha value is -2.43. The molecular weight excluding hydrogens is 270 g/mol. The molecule has 0 saturated carbocycles. The monoisotopic (exact) mass is 289 g/mol. The number of likely N-dealkylation sites (N-methyl/N-ethyl adjacent to an activating group) is 1. The van der Waals surface area contributed by atoms with Gasteiger partial charge in [0.15, 0.2) is 5.76 Å². The van der Waals surface area contributed by atoms with Gasteiger partial charge < -0.3 is 18.8 Å². The fourth-order valence-electron chi connectivity index (χ4n) is 1.84. The molecule has 0 unspecified atom stereocenters. The molecule has 0 N–H and O–H groups in total. The first kappa shape index (κ1) is 15.0. The van der Waals surface area contributed by atoms with Crippen LogP contribution in [0.4, 0.5) is 0 Å². The lowest BCUT2D eigenvalue weighted by Gasteiger charge is -2.16. The Morgan fingerprint density at radius 1 is 1.19 bits per heavy atom. The standard InChI is InChI=1S/C16H19NO4/c1-12-8-10-21-15(12)16(18)17(2)9-11-20-14-6-4-13(19-3)5-7-14/h4-8,10H,9,11H2,1-3H3. The van der Waals surface area contributed by atoms with Crippen molar-refractivity contribution in [3.8, 4) is 11.5 Å². The number of ether oxygens (including phenoxy) is 2. The van der Waals surface area contributed by atoms with Crippen LogP contribution in [-0.4, -0.2) is 38.1 Å². The summed E-state index contributed by atoms with van der Waals surface area (Å²) in [7, 11) is 3.34. The molecule has 0 aliphatic heterocycles. The minimum atomic E-state index is -0.143. The van der Waals surface area contributed by atoms with Crippen molar-refractivity contribution < 1.29 is 18.7 Å². The average Bonchev–Trinajstić information content (AvgIpc) is 2.93. The van der Waals surface area contributed by atoms with Crippen molar-refractivity contribution in [2.24, 2.45) is 0 Å². The quantitative estimate of drug-likeness (QED) is 0.820. The van der Waals surface area contributed by atoms with Gasteiger partial charge in [-0.15, -0.1) is 0 Å². The molecule has 112 valence electrons. The van der Waals surface area contributed by atoms with Crippen molar-refractivity contribution in [2.75, 3.05) is 27.3 Å². The van der Waals surface area contributed by atoms with Crippen LogP contribution >= 0.6 is 0 Å². The Bertz CT molecular complexity index is 589. The highest BCUT2D eigenvalue weighted by Crippen LogP contribution is 2.17. The van der Waals surface area contributed by atoms with Gasteiger partial charge in [0.1, 0.15) is 18.1 Å². The molecule has 0 radical (unpaired) electrons. The number of benzene rings is 1. The van der Waals surface area contributed by atoms with E-state index in [2.05, 4.69) is 0 Å². The van der Waals surface area contributed by atoms with Crippen molar-refractivity contribution in [1.82, 2.24) is 4.90 Å². The van der Waals surface area contributed by atoms with Crippen LogP contribution in [0.1, 0.15) is 16.1 Å². The second-order valence-corrected chi connectivity index (χ2v) is 4.68. The Morgan fingerprint density at radius 2 is 1.86 bits per heavy atom.